The lowest BCUT2D eigenvalue weighted by molar-refractivity contribution is 0.0950. The molecule has 10 heteroatoms. The molecule has 3 N–H and O–H groups in total. The van der Waals surface area contributed by atoms with Crippen LogP contribution in [0.25, 0.3) is 11.0 Å². The Kier molecular flexibility index (Phi) is 4.79. The quantitative estimate of drug-likeness (QED) is 0.426. The number of imidazole rings is 1. The number of hydrogen-bond acceptors (Lipinski definition) is 6. The fraction of sp³-hybridized carbons (Fsp3) is 0.0476. The SMILES string of the molecule is O=C(NCc1nc2ccc(Sc3ccccc3)cc2[nH]1)c1ccc2c(c1)NS(=O)(=O)O2. The fourth-order valence-corrected chi connectivity index (χ4v) is 4.91. The summed E-state index contributed by atoms with van der Waals surface area (Å²) in [6.07, 6.45) is 0. The molecule has 3 aromatic carbocycles. The van der Waals surface area contributed by atoms with Gasteiger partial charge in [-0.05, 0) is 48.5 Å². The lowest BCUT2D eigenvalue weighted by atomic mass is 10.2. The molecular formula is C21H16N4O4S2. The second-order valence-corrected chi connectivity index (χ2v) is 9.24. The van der Waals surface area contributed by atoms with Crippen molar-refractivity contribution in [2.75, 3.05) is 4.72 Å². The van der Waals surface area contributed by atoms with Crippen molar-refractivity contribution in [1.82, 2.24) is 15.3 Å². The highest BCUT2D eigenvalue weighted by Gasteiger charge is 2.26. The van der Waals surface area contributed by atoms with Gasteiger partial charge in [-0.15, -0.1) is 0 Å². The molecular weight excluding hydrogens is 436 g/mol. The summed E-state index contributed by atoms with van der Waals surface area (Å²) in [5.41, 5.74) is 2.24. The molecule has 0 radical (unpaired) electrons. The van der Waals surface area contributed by atoms with Crippen LogP contribution >= 0.6 is 11.8 Å². The normalized spacial score (nSPS) is 13.9. The number of nitrogens with one attached hydrogen (secondary N) is 3. The first-order valence-corrected chi connectivity index (χ1v) is 11.5. The first-order chi connectivity index (χ1) is 14.9. The Labute approximate surface area is 182 Å². The van der Waals surface area contributed by atoms with Crippen LogP contribution in [0.4, 0.5) is 5.69 Å². The molecule has 4 aromatic rings. The zero-order valence-corrected chi connectivity index (χ0v) is 17.6. The van der Waals surface area contributed by atoms with Gasteiger partial charge in [0.2, 0.25) is 0 Å². The van der Waals surface area contributed by atoms with Crippen molar-refractivity contribution in [1.29, 1.82) is 0 Å². The molecule has 2 heterocycles. The van der Waals surface area contributed by atoms with Gasteiger partial charge in [-0.1, -0.05) is 30.0 Å². The topological polar surface area (TPSA) is 113 Å². The van der Waals surface area contributed by atoms with E-state index in [9.17, 15) is 13.2 Å². The van der Waals surface area contributed by atoms with Crippen LogP contribution in [-0.2, 0) is 16.8 Å². The van der Waals surface area contributed by atoms with Gasteiger partial charge in [0, 0.05) is 15.4 Å². The smallest absolute Gasteiger partial charge is 0.365 e. The second-order valence-electron chi connectivity index (χ2n) is 6.81. The molecule has 0 aliphatic carbocycles. The van der Waals surface area contributed by atoms with Crippen molar-refractivity contribution in [3.05, 3.63) is 78.1 Å². The third kappa shape index (κ3) is 4.21. The van der Waals surface area contributed by atoms with Gasteiger partial charge < -0.3 is 14.5 Å². The molecule has 1 amide bonds. The number of amides is 1. The highest BCUT2D eigenvalue weighted by Crippen LogP contribution is 2.33. The fourth-order valence-electron chi connectivity index (χ4n) is 3.18. The minimum Gasteiger partial charge on any atom is -0.365 e. The lowest BCUT2D eigenvalue weighted by Crippen LogP contribution is -2.23. The molecule has 156 valence electrons. The number of hydrogen-bond donors (Lipinski definition) is 3. The molecule has 0 spiro atoms. The Morgan fingerprint density at radius 1 is 1.03 bits per heavy atom. The number of fused-ring (bicyclic) bond motifs is 2. The van der Waals surface area contributed by atoms with E-state index in [1.165, 1.54) is 18.2 Å². The van der Waals surface area contributed by atoms with E-state index in [1.807, 2.05) is 36.4 Å². The molecule has 0 saturated carbocycles. The molecule has 0 saturated heterocycles. The first kappa shape index (κ1) is 19.5. The minimum absolute atomic E-state index is 0.165. The van der Waals surface area contributed by atoms with E-state index in [0.717, 1.165) is 20.8 Å². The monoisotopic (exact) mass is 452 g/mol. The Balaban J connectivity index is 1.27. The van der Waals surface area contributed by atoms with Crippen LogP contribution in [0.2, 0.25) is 0 Å². The van der Waals surface area contributed by atoms with E-state index in [2.05, 4.69) is 32.1 Å². The van der Waals surface area contributed by atoms with E-state index in [0.29, 0.717) is 11.4 Å². The van der Waals surface area contributed by atoms with Crippen LogP contribution in [0.5, 0.6) is 5.75 Å². The zero-order valence-electron chi connectivity index (χ0n) is 16.0. The minimum atomic E-state index is -3.84. The van der Waals surface area contributed by atoms with E-state index in [4.69, 9.17) is 4.18 Å². The highest BCUT2D eigenvalue weighted by atomic mass is 32.2. The summed E-state index contributed by atoms with van der Waals surface area (Å²) >= 11 is 1.66. The number of nitrogens with zero attached hydrogens (tertiary/aromatic N) is 1. The molecule has 31 heavy (non-hydrogen) atoms. The summed E-state index contributed by atoms with van der Waals surface area (Å²) in [6.45, 7) is 0.202. The molecule has 8 nitrogen and oxygen atoms in total. The summed E-state index contributed by atoms with van der Waals surface area (Å²) in [7, 11) is -3.84. The van der Waals surface area contributed by atoms with Crippen molar-refractivity contribution in [3.63, 3.8) is 0 Å². The van der Waals surface area contributed by atoms with Gasteiger partial charge in [-0.2, -0.15) is 8.42 Å². The summed E-state index contributed by atoms with van der Waals surface area (Å²) in [4.78, 5) is 22.5. The number of aromatic nitrogens is 2. The molecule has 0 fully saturated rings. The first-order valence-electron chi connectivity index (χ1n) is 9.31. The summed E-state index contributed by atoms with van der Waals surface area (Å²) in [6, 6.07) is 20.4. The number of carbonyl (C=O) groups is 1. The van der Waals surface area contributed by atoms with Crippen LogP contribution in [0.15, 0.2) is 76.5 Å². The van der Waals surface area contributed by atoms with E-state index >= 15 is 0 Å². The molecule has 1 aliphatic rings. The maximum absolute atomic E-state index is 12.5. The number of carbonyl (C=O) groups excluding carboxylic acids is 1. The molecule has 0 unspecified atom stereocenters. The predicted octanol–water partition coefficient (Wildman–Crippen LogP) is 3.69. The second kappa shape index (κ2) is 7.64. The van der Waals surface area contributed by atoms with E-state index < -0.39 is 10.3 Å². The number of H-pyrrole nitrogens is 1. The van der Waals surface area contributed by atoms with Crippen LogP contribution in [0, 0.1) is 0 Å². The third-order valence-corrected chi connectivity index (χ3v) is 6.44. The Morgan fingerprint density at radius 2 is 1.87 bits per heavy atom. The van der Waals surface area contributed by atoms with Gasteiger partial charge >= 0.3 is 10.3 Å². The lowest BCUT2D eigenvalue weighted by Gasteiger charge is -2.04. The van der Waals surface area contributed by atoms with Gasteiger partial charge in [0.15, 0.2) is 5.75 Å². The zero-order chi connectivity index (χ0) is 21.4. The van der Waals surface area contributed by atoms with Crippen LogP contribution in [-0.4, -0.2) is 24.3 Å². The molecule has 0 bridgehead atoms. The molecule has 1 aliphatic heterocycles. The molecule has 5 rings (SSSR count). The Hall–Kier alpha value is -3.50. The van der Waals surface area contributed by atoms with E-state index in [-0.39, 0.29) is 23.9 Å². The van der Waals surface area contributed by atoms with Gasteiger partial charge in [0.25, 0.3) is 5.91 Å². The van der Waals surface area contributed by atoms with Crippen molar-refractivity contribution >= 4 is 44.7 Å². The third-order valence-electron chi connectivity index (χ3n) is 4.57. The average molecular weight is 453 g/mol. The summed E-state index contributed by atoms with van der Waals surface area (Å²) in [5.74, 6) is 0.433. The van der Waals surface area contributed by atoms with Crippen molar-refractivity contribution in [2.24, 2.45) is 0 Å². The highest BCUT2D eigenvalue weighted by molar-refractivity contribution is 7.99. The van der Waals surface area contributed by atoms with Gasteiger partial charge in [0.05, 0.1) is 23.3 Å². The largest absolute Gasteiger partial charge is 0.407 e. The maximum atomic E-state index is 12.5. The summed E-state index contributed by atoms with van der Waals surface area (Å²) < 4.78 is 29.9. The number of anilines is 1. The number of aromatic amines is 1. The van der Waals surface area contributed by atoms with Crippen molar-refractivity contribution < 1.29 is 17.4 Å². The standard InChI is InChI=1S/C21H16N4O4S2/c26-21(13-6-9-19-18(10-13)25-31(27,28)29-19)22-12-20-23-16-8-7-15(11-17(16)24-20)30-14-4-2-1-3-5-14/h1-11,25H,12H2,(H,22,26)(H,23,24). The van der Waals surface area contributed by atoms with Crippen molar-refractivity contribution in [3.8, 4) is 5.75 Å². The van der Waals surface area contributed by atoms with Crippen LogP contribution in [0.1, 0.15) is 16.2 Å². The Morgan fingerprint density at radius 3 is 2.71 bits per heavy atom. The molecule has 0 atom stereocenters. The Bertz CT molecular complexity index is 1400. The van der Waals surface area contributed by atoms with Gasteiger partial charge in [0.1, 0.15) is 5.82 Å². The number of rotatable bonds is 5. The van der Waals surface area contributed by atoms with Gasteiger partial charge in [-0.25, -0.2) is 9.71 Å². The van der Waals surface area contributed by atoms with Crippen molar-refractivity contribution in [2.45, 2.75) is 16.3 Å². The average Bonchev–Trinajstić information content (AvgIpc) is 3.30. The number of benzene rings is 3. The van der Waals surface area contributed by atoms with E-state index in [1.54, 1.807) is 11.8 Å². The predicted molar refractivity (Wildman–Crippen MR) is 117 cm³/mol. The van der Waals surface area contributed by atoms with Crippen LogP contribution in [0.3, 0.4) is 0 Å². The summed E-state index contributed by atoms with van der Waals surface area (Å²) in [5, 5.41) is 2.79. The maximum Gasteiger partial charge on any atom is 0.407 e. The van der Waals surface area contributed by atoms with Crippen LogP contribution < -0.4 is 14.2 Å². The van der Waals surface area contributed by atoms with Gasteiger partial charge in [-0.3, -0.25) is 4.79 Å². The molecule has 1 aromatic heterocycles.